The number of ether oxygens (including phenoxy) is 1. The predicted molar refractivity (Wildman–Crippen MR) is 83.2 cm³/mol. The van der Waals surface area contributed by atoms with Crippen molar-refractivity contribution in [1.82, 2.24) is 9.97 Å². The molecule has 1 fully saturated rings. The highest BCUT2D eigenvalue weighted by atomic mass is 16.5. The maximum Gasteiger partial charge on any atom is 0.225 e. The number of benzene rings is 1. The van der Waals surface area contributed by atoms with Crippen LogP contribution in [0.4, 0.5) is 5.95 Å². The van der Waals surface area contributed by atoms with E-state index in [0.717, 1.165) is 44.2 Å². The zero-order valence-electron chi connectivity index (χ0n) is 12.4. The second-order valence-electron chi connectivity index (χ2n) is 5.50. The Hall–Kier alpha value is -1.94. The van der Waals surface area contributed by atoms with Gasteiger partial charge >= 0.3 is 0 Å². The molecule has 0 radical (unpaired) electrons. The van der Waals surface area contributed by atoms with E-state index in [4.69, 9.17) is 4.74 Å². The number of aromatic nitrogens is 2. The standard InChI is InChI=1S/C17H21N3O/c1-14-9-10-18-17(19-14)20(13-16-8-5-11-21-16)12-15-6-3-2-4-7-15/h2-4,6-7,9-10,16H,5,8,11-13H2,1H3/t16-/m0/s1. The van der Waals surface area contributed by atoms with Crippen molar-refractivity contribution in [1.29, 1.82) is 0 Å². The van der Waals surface area contributed by atoms with Gasteiger partial charge < -0.3 is 9.64 Å². The summed E-state index contributed by atoms with van der Waals surface area (Å²) in [6, 6.07) is 12.4. The summed E-state index contributed by atoms with van der Waals surface area (Å²) in [5.74, 6) is 0.786. The van der Waals surface area contributed by atoms with Crippen molar-refractivity contribution < 1.29 is 4.74 Å². The monoisotopic (exact) mass is 283 g/mol. The first-order chi connectivity index (χ1) is 10.3. The molecule has 1 aliphatic rings. The Balaban J connectivity index is 1.79. The third-order valence-electron chi connectivity index (χ3n) is 3.73. The van der Waals surface area contributed by atoms with Crippen molar-refractivity contribution in [2.24, 2.45) is 0 Å². The van der Waals surface area contributed by atoms with E-state index >= 15 is 0 Å². The molecule has 1 aromatic carbocycles. The summed E-state index contributed by atoms with van der Waals surface area (Å²) in [5, 5.41) is 0. The van der Waals surface area contributed by atoms with E-state index < -0.39 is 0 Å². The fourth-order valence-corrected chi connectivity index (χ4v) is 2.64. The highest BCUT2D eigenvalue weighted by Crippen LogP contribution is 2.18. The SMILES string of the molecule is Cc1ccnc(N(Cc2ccccc2)C[C@@H]2CCCO2)n1. The molecule has 1 aliphatic heterocycles. The van der Waals surface area contributed by atoms with Gasteiger partial charge in [0.15, 0.2) is 0 Å². The summed E-state index contributed by atoms with van der Waals surface area (Å²) in [6.45, 7) is 4.53. The molecule has 110 valence electrons. The van der Waals surface area contributed by atoms with Crippen LogP contribution in [0.3, 0.4) is 0 Å². The molecular weight excluding hydrogens is 262 g/mol. The van der Waals surface area contributed by atoms with Crippen LogP contribution in [0.15, 0.2) is 42.6 Å². The fraction of sp³-hybridized carbons (Fsp3) is 0.412. The van der Waals surface area contributed by atoms with Crippen molar-refractivity contribution in [3.05, 3.63) is 53.9 Å². The zero-order chi connectivity index (χ0) is 14.5. The molecule has 1 saturated heterocycles. The summed E-state index contributed by atoms with van der Waals surface area (Å²) in [4.78, 5) is 11.2. The number of anilines is 1. The average Bonchev–Trinajstić information content (AvgIpc) is 3.01. The van der Waals surface area contributed by atoms with Crippen LogP contribution in [-0.2, 0) is 11.3 Å². The van der Waals surface area contributed by atoms with Crippen molar-refractivity contribution in [2.75, 3.05) is 18.1 Å². The lowest BCUT2D eigenvalue weighted by Gasteiger charge is -2.25. The summed E-state index contributed by atoms with van der Waals surface area (Å²) in [5.41, 5.74) is 2.26. The van der Waals surface area contributed by atoms with Gasteiger partial charge in [0.1, 0.15) is 0 Å². The molecular formula is C17H21N3O. The lowest BCUT2D eigenvalue weighted by molar-refractivity contribution is 0.115. The Bertz CT molecular complexity index is 567. The molecule has 0 N–H and O–H groups in total. The van der Waals surface area contributed by atoms with Gasteiger partial charge in [-0.15, -0.1) is 0 Å². The quantitative estimate of drug-likeness (QED) is 0.845. The maximum atomic E-state index is 5.78. The molecule has 4 nitrogen and oxygen atoms in total. The number of hydrogen-bond acceptors (Lipinski definition) is 4. The van der Waals surface area contributed by atoms with Gasteiger partial charge in [-0.2, -0.15) is 0 Å². The summed E-state index contributed by atoms with van der Waals surface area (Å²) in [7, 11) is 0. The van der Waals surface area contributed by atoms with Gasteiger partial charge in [-0.25, -0.2) is 9.97 Å². The molecule has 0 bridgehead atoms. The van der Waals surface area contributed by atoms with Crippen LogP contribution in [0.1, 0.15) is 24.1 Å². The molecule has 2 aromatic rings. The number of aryl methyl sites for hydroxylation is 1. The molecule has 0 spiro atoms. The van der Waals surface area contributed by atoms with Crippen LogP contribution < -0.4 is 4.90 Å². The van der Waals surface area contributed by atoms with Crippen molar-refractivity contribution in [3.8, 4) is 0 Å². The van der Waals surface area contributed by atoms with Crippen molar-refractivity contribution in [3.63, 3.8) is 0 Å². The molecule has 4 heteroatoms. The summed E-state index contributed by atoms with van der Waals surface area (Å²) >= 11 is 0. The normalized spacial score (nSPS) is 17.9. The molecule has 0 unspecified atom stereocenters. The Morgan fingerprint density at radius 2 is 2.10 bits per heavy atom. The molecule has 0 amide bonds. The lowest BCUT2D eigenvalue weighted by atomic mass is 10.2. The van der Waals surface area contributed by atoms with Crippen LogP contribution in [-0.4, -0.2) is 29.2 Å². The minimum atomic E-state index is 0.290. The van der Waals surface area contributed by atoms with E-state index in [1.165, 1.54) is 5.56 Å². The van der Waals surface area contributed by atoms with Gasteiger partial charge in [-0.3, -0.25) is 0 Å². The van der Waals surface area contributed by atoms with Gasteiger partial charge in [0.25, 0.3) is 0 Å². The minimum Gasteiger partial charge on any atom is -0.376 e. The van der Waals surface area contributed by atoms with E-state index in [1.807, 2.05) is 25.3 Å². The van der Waals surface area contributed by atoms with Gasteiger partial charge in [-0.1, -0.05) is 30.3 Å². The number of nitrogens with zero attached hydrogens (tertiary/aromatic N) is 3. The summed E-state index contributed by atoms with van der Waals surface area (Å²) < 4.78 is 5.78. The van der Waals surface area contributed by atoms with E-state index in [9.17, 15) is 0 Å². The van der Waals surface area contributed by atoms with Crippen LogP contribution in [0.5, 0.6) is 0 Å². The smallest absolute Gasteiger partial charge is 0.225 e. The number of rotatable bonds is 5. The fourth-order valence-electron chi connectivity index (χ4n) is 2.64. The average molecular weight is 283 g/mol. The predicted octanol–water partition coefficient (Wildman–Crippen LogP) is 2.97. The highest BCUT2D eigenvalue weighted by Gasteiger charge is 2.21. The maximum absolute atomic E-state index is 5.78. The molecule has 1 atom stereocenters. The van der Waals surface area contributed by atoms with Crippen LogP contribution in [0.25, 0.3) is 0 Å². The van der Waals surface area contributed by atoms with E-state index in [0.29, 0.717) is 0 Å². The first-order valence-corrected chi connectivity index (χ1v) is 7.51. The topological polar surface area (TPSA) is 38.2 Å². The van der Waals surface area contributed by atoms with Gasteiger partial charge in [0.05, 0.1) is 6.10 Å². The Morgan fingerprint density at radius 1 is 1.24 bits per heavy atom. The van der Waals surface area contributed by atoms with Crippen LogP contribution in [0, 0.1) is 6.92 Å². The third-order valence-corrected chi connectivity index (χ3v) is 3.73. The first kappa shape index (κ1) is 14.0. The second kappa shape index (κ2) is 6.68. The molecule has 0 saturated carbocycles. The van der Waals surface area contributed by atoms with Gasteiger partial charge in [-0.05, 0) is 31.4 Å². The Kier molecular flexibility index (Phi) is 4.46. The summed E-state index contributed by atoms with van der Waals surface area (Å²) in [6.07, 6.45) is 4.39. The van der Waals surface area contributed by atoms with E-state index in [2.05, 4.69) is 39.1 Å². The van der Waals surface area contributed by atoms with Crippen molar-refractivity contribution >= 4 is 5.95 Å². The zero-order valence-corrected chi connectivity index (χ0v) is 12.4. The highest BCUT2D eigenvalue weighted by molar-refractivity contribution is 5.33. The van der Waals surface area contributed by atoms with E-state index in [-0.39, 0.29) is 6.10 Å². The van der Waals surface area contributed by atoms with Gasteiger partial charge in [0, 0.05) is 31.6 Å². The van der Waals surface area contributed by atoms with Crippen LogP contribution >= 0.6 is 0 Å². The van der Waals surface area contributed by atoms with Crippen LogP contribution in [0.2, 0.25) is 0 Å². The molecule has 2 heterocycles. The largest absolute Gasteiger partial charge is 0.376 e. The third kappa shape index (κ3) is 3.79. The Morgan fingerprint density at radius 3 is 2.81 bits per heavy atom. The molecule has 0 aliphatic carbocycles. The van der Waals surface area contributed by atoms with E-state index in [1.54, 1.807) is 0 Å². The molecule has 21 heavy (non-hydrogen) atoms. The van der Waals surface area contributed by atoms with Gasteiger partial charge in [0.2, 0.25) is 5.95 Å². The Labute approximate surface area is 125 Å². The van der Waals surface area contributed by atoms with Crippen molar-refractivity contribution in [2.45, 2.75) is 32.4 Å². The molecule has 1 aromatic heterocycles. The number of hydrogen-bond donors (Lipinski definition) is 0. The first-order valence-electron chi connectivity index (χ1n) is 7.51. The second-order valence-corrected chi connectivity index (χ2v) is 5.50. The minimum absolute atomic E-state index is 0.290. The molecule has 3 rings (SSSR count). The lowest BCUT2D eigenvalue weighted by Crippen LogP contribution is -2.33.